The largest absolute Gasteiger partial charge is 0.388 e. The summed E-state index contributed by atoms with van der Waals surface area (Å²) in [5.74, 6) is 0.242. The number of nitrogens with one attached hydrogen (secondary N) is 1. The number of rotatable bonds is 5. The van der Waals surface area contributed by atoms with Crippen molar-refractivity contribution >= 4 is 50.4 Å². The van der Waals surface area contributed by atoms with Crippen LogP contribution in [0.25, 0.3) is 38.4 Å². The van der Waals surface area contributed by atoms with Crippen LogP contribution < -0.4 is 5.73 Å². The van der Waals surface area contributed by atoms with Crippen molar-refractivity contribution in [1.82, 2.24) is 0 Å². The summed E-state index contributed by atoms with van der Waals surface area (Å²) in [6.07, 6.45) is 11.6. The van der Waals surface area contributed by atoms with Gasteiger partial charge in [-0.1, -0.05) is 140 Å². The van der Waals surface area contributed by atoms with Crippen LogP contribution in [0.2, 0.25) is 0 Å². The van der Waals surface area contributed by atoms with Gasteiger partial charge in [-0.2, -0.15) is 0 Å². The summed E-state index contributed by atoms with van der Waals surface area (Å²) in [7, 11) is 0. The van der Waals surface area contributed by atoms with Crippen LogP contribution in [-0.2, 0) is 6.42 Å². The van der Waals surface area contributed by atoms with Crippen LogP contribution in [-0.4, -0.2) is 12.1 Å². The van der Waals surface area contributed by atoms with Crippen molar-refractivity contribution in [3.05, 3.63) is 161 Å². The van der Waals surface area contributed by atoms with Crippen molar-refractivity contribution in [3.63, 3.8) is 0 Å². The van der Waals surface area contributed by atoms with Crippen LogP contribution in [0, 0.1) is 12.3 Å². The summed E-state index contributed by atoms with van der Waals surface area (Å²) in [6.45, 7) is 6.30. The van der Waals surface area contributed by atoms with E-state index in [1.165, 1.54) is 60.1 Å². The highest BCUT2D eigenvalue weighted by Gasteiger charge is 2.11. The minimum Gasteiger partial charge on any atom is -0.388 e. The molecule has 0 saturated carbocycles. The molecule has 6 aromatic rings. The molecule has 3 N–H and O–H groups in total. The standard InChI is InChI=1S/C18H20N2.C15H12.C9H9N/c1-2-3-4-7-14-10-11-15(12-13-18(19)20)17-9-6-5-8-16(14)17;1-11-10-12-6-2-3-8-14(12)15-9-5-4-7-13(11)15;1-7-9-5-3-2-4-8(9)6-10-7/h2-11H,12-13H2,1H3,(H3,19,20);2-10H,1H3;2-7H,1H3/b3-2-,7-4-;;. The Morgan fingerprint density at radius 2 is 1.40 bits per heavy atom. The van der Waals surface area contributed by atoms with Crippen LogP contribution in [0.3, 0.4) is 0 Å². The van der Waals surface area contributed by atoms with Crippen molar-refractivity contribution in [3.8, 4) is 0 Å². The fourth-order valence-corrected chi connectivity index (χ4v) is 5.81. The molecule has 0 aromatic heterocycles. The summed E-state index contributed by atoms with van der Waals surface area (Å²) in [6, 6.07) is 40.8. The predicted molar refractivity (Wildman–Crippen MR) is 197 cm³/mol. The number of fused-ring (bicyclic) bond motifs is 5. The Morgan fingerprint density at radius 3 is 2.13 bits per heavy atom. The molecule has 6 aromatic carbocycles. The maximum Gasteiger partial charge on any atom is 0.0908 e. The van der Waals surface area contributed by atoms with Crippen LogP contribution in [0.5, 0.6) is 0 Å². The molecular formula is C42H41N3. The van der Waals surface area contributed by atoms with Crippen molar-refractivity contribution in [1.29, 1.82) is 5.41 Å². The van der Waals surface area contributed by atoms with Crippen LogP contribution in [0.1, 0.15) is 54.1 Å². The Hall–Kier alpha value is -5.28. The van der Waals surface area contributed by atoms with Crippen LogP contribution in [0.15, 0.2) is 138 Å². The van der Waals surface area contributed by atoms with Gasteiger partial charge in [0.25, 0.3) is 0 Å². The van der Waals surface area contributed by atoms with E-state index in [9.17, 15) is 0 Å². The van der Waals surface area contributed by atoms with Gasteiger partial charge < -0.3 is 5.73 Å². The van der Waals surface area contributed by atoms with Gasteiger partial charge in [-0.3, -0.25) is 10.4 Å². The number of benzene rings is 6. The van der Waals surface area contributed by atoms with Gasteiger partial charge in [0.05, 0.1) is 11.9 Å². The topological polar surface area (TPSA) is 62.2 Å². The molecule has 1 heterocycles. The second kappa shape index (κ2) is 14.9. The summed E-state index contributed by atoms with van der Waals surface area (Å²) in [5.41, 5.74) is 11.9. The first-order valence-corrected chi connectivity index (χ1v) is 15.6. The Bertz CT molecular complexity index is 2030. The summed E-state index contributed by atoms with van der Waals surface area (Å²) in [4.78, 5) is 4.28. The minimum absolute atomic E-state index is 0.242. The summed E-state index contributed by atoms with van der Waals surface area (Å²) < 4.78 is 0. The van der Waals surface area contributed by atoms with E-state index in [-0.39, 0.29) is 5.84 Å². The molecule has 0 fully saturated rings. The molecule has 0 amide bonds. The number of allylic oxidation sites excluding steroid dienone is 3. The molecule has 1 unspecified atom stereocenters. The summed E-state index contributed by atoms with van der Waals surface area (Å²) in [5, 5.41) is 15.2. The number of nitrogens with two attached hydrogens (primary N) is 1. The van der Waals surface area contributed by atoms with Gasteiger partial charge in [0.1, 0.15) is 0 Å². The number of aryl methyl sites for hydroxylation is 2. The van der Waals surface area contributed by atoms with E-state index >= 15 is 0 Å². The molecule has 3 heteroatoms. The number of hydrogen-bond donors (Lipinski definition) is 2. The van der Waals surface area contributed by atoms with E-state index in [1.807, 2.05) is 31.4 Å². The molecule has 224 valence electrons. The molecule has 0 aliphatic carbocycles. The van der Waals surface area contributed by atoms with Gasteiger partial charge in [0, 0.05) is 12.6 Å². The molecule has 0 radical (unpaired) electrons. The molecular weight excluding hydrogens is 546 g/mol. The van der Waals surface area contributed by atoms with E-state index in [0.717, 1.165) is 6.42 Å². The van der Waals surface area contributed by atoms with E-state index in [2.05, 4.69) is 140 Å². The lowest BCUT2D eigenvalue weighted by atomic mass is 9.96. The van der Waals surface area contributed by atoms with Crippen molar-refractivity contribution < 1.29 is 0 Å². The highest BCUT2D eigenvalue weighted by molar-refractivity contribution is 6.08. The van der Waals surface area contributed by atoms with Gasteiger partial charge in [-0.15, -0.1) is 0 Å². The maximum absolute atomic E-state index is 7.37. The van der Waals surface area contributed by atoms with Gasteiger partial charge in [-0.25, -0.2) is 0 Å². The number of hydrogen-bond acceptors (Lipinski definition) is 2. The zero-order chi connectivity index (χ0) is 31.6. The Labute approximate surface area is 267 Å². The maximum atomic E-state index is 7.37. The molecule has 7 rings (SSSR count). The van der Waals surface area contributed by atoms with E-state index in [1.54, 1.807) is 0 Å². The fraction of sp³-hybridized carbons (Fsp3) is 0.143. The molecule has 1 aliphatic rings. The molecule has 1 atom stereocenters. The minimum atomic E-state index is 0.242. The van der Waals surface area contributed by atoms with Crippen LogP contribution in [0.4, 0.5) is 0 Å². The second-order valence-corrected chi connectivity index (χ2v) is 11.3. The van der Waals surface area contributed by atoms with Crippen molar-refractivity contribution in [2.24, 2.45) is 10.7 Å². The molecule has 1 aliphatic heterocycles. The first-order valence-electron chi connectivity index (χ1n) is 15.6. The SMILES string of the molecule is C/C=C\C=C/c1ccc(CCC(=N)N)c2ccccc12.CC1N=Cc2ccccc21.Cc1cc2ccccc2c2ccccc12. The van der Waals surface area contributed by atoms with Crippen LogP contribution >= 0.6 is 0 Å². The average Bonchev–Trinajstić information content (AvgIpc) is 3.45. The van der Waals surface area contributed by atoms with Gasteiger partial charge in [0.2, 0.25) is 0 Å². The molecule has 45 heavy (non-hydrogen) atoms. The van der Waals surface area contributed by atoms with Gasteiger partial charge >= 0.3 is 0 Å². The normalized spacial score (nSPS) is 13.5. The number of amidine groups is 1. The third-order valence-corrected chi connectivity index (χ3v) is 8.15. The second-order valence-electron chi connectivity index (χ2n) is 11.3. The Balaban J connectivity index is 0.000000141. The van der Waals surface area contributed by atoms with Crippen molar-refractivity contribution in [2.45, 2.75) is 39.7 Å². The smallest absolute Gasteiger partial charge is 0.0908 e. The Kier molecular flexibility index (Phi) is 10.3. The lowest BCUT2D eigenvalue weighted by Crippen LogP contribution is -2.10. The molecule has 0 spiro atoms. The average molecular weight is 588 g/mol. The zero-order valence-electron chi connectivity index (χ0n) is 26.4. The monoisotopic (exact) mass is 587 g/mol. The Morgan fingerprint density at radius 1 is 0.756 bits per heavy atom. The first-order chi connectivity index (χ1) is 22.0. The van der Waals surface area contributed by atoms with E-state index in [0.29, 0.717) is 12.5 Å². The van der Waals surface area contributed by atoms with Gasteiger partial charge in [0.15, 0.2) is 0 Å². The lowest BCUT2D eigenvalue weighted by molar-refractivity contribution is 0.844. The highest BCUT2D eigenvalue weighted by atomic mass is 14.8. The van der Waals surface area contributed by atoms with Gasteiger partial charge in [-0.05, 0) is 87.3 Å². The zero-order valence-corrected chi connectivity index (χ0v) is 26.4. The van der Waals surface area contributed by atoms with E-state index in [4.69, 9.17) is 11.1 Å². The third-order valence-electron chi connectivity index (χ3n) is 8.15. The summed E-state index contributed by atoms with van der Waals surface area (Å²) >= 11 is 0. The first kappa shape index (κ1) is 31.2. The molecule has 0 saturated heterocycles. The fourth-order valence-electron chi connectivity index (χ4n) is 5.81. The number of aliphatic imine (C=N–C) groups is 1. The quantitative estimate of drug-likeness (QED) is 0.0896. The predicted octanol–water partition coefficient (Wildman–Crippen LogP) is 10.8. The number of nitrogens with zero attached hydrogens (tertiary/aromatic N) is 1. The highest BCUT2D eigenvalue weighted by Crippen LogP contribution is 2.28. The molecule has 0 bridgehead atoms. The third kappa shape index (κ3) is 7.63. The van der Waals surface area contributed by atoms with Crippen molar-refractivity contribution in [2.75, 3.05) is 0 Å². The molecule has 3 nitrogen and oxygen atoms in total. The van der Waals surface area contributed by atoms with E-state index < -0.39 is 0 Å². The lowest BCUT2D eigenvalue weighted by Gasteiger charge is -2.09.